The topological polar surface area (TPSA) is 65.8 Å². The lowest BCUT2D eigenvalue weighted by molar-refractivity contribution is -0.126. The molecular weight excluding hydrogens is 258 g/mol. The van der Waals surface area contributed by atoms with Crippen molar-refractivity contribution in [1.82, 2.24) is 15.1 Å². The van der Waals surface area contributed by atoms with Crippen LogP contribution in [-0.4, -0.2) is 48.9 Å². The van der Waals surface area contributed by atoms with Crippen molar-refractivity contribution in [3.63, 3.8) is 0 Å². The van der Waals surface area contributed by atoms with Crippen molar-refractivity contribution < 1.29 is 14.0 Å². The smallest absolute Gasteiger partial charge is 0.319 e. The Balaban J connectivity index is 1.75. The zero-order valence-electron chi connectivity index (χ0n) is 12.0. The van der Waals surface area contributed by atoms with Gasteiger partial charge in [0.15, 0.2) is 0 Å². The first kappa shape index (κ1) is 14.4. The average molecular weight is 279 g/mol. The van der Waals surface area contributed by atoms with Crippen LogP contribution >= 0.6 is 0 Å². The van der Waals surface area contributed by atoms with E-state index >= 15 is 0 Å². The van der Waals surface area contributed by atoms with Crippen molar-refractivity contribution in [1.29, 1.82) is 0 Å². The number of furan rings is 1. The Bertz CT molecular complexity index is 448. The second-order valence-electron chi connectivity index (χ2n) is 5.24. The molecule has 1 aliphatic rings. The number of piperidine rings is 1. The molecule has 1 aromatic rings. The van der Waals surface area contributed by atoms with Crippen molar-refractivity contribution >= 4 is 11.9 Å². The van der Waals surface area contributed by atoms with Crippen LogP contribution in [-0.2, 0) is 11.3 Å². The maximum Gasteiger partial charge on any atom is 0.319 e. The molecule has 0 atom stereocenters. The maximum absolute atomic E-state index is 12.0. The van der Waals surface area contributed by atoms with Crippen LogP contribution in [0.3, 0.4) is 0 Å². The predicted octanol–water partition coefficient (Wildman–Crippen LogP) is 1.29. The molecule has 0 radical (unpaired) electrons. The zero-order valence-corrected chi connectivity index (χ0v) is 12.0. The predicted molar refractivity (Wildman–Crippen MR) is 73.9 cm³/mol. The summed E-state index contributed by atoms with van der Waals surface area (Å²) in [6.45, 7) is 1.69. The van der Waals surface area contributed by atoms with Gasteiger partial charge in [-0.1, -0.05) is 0 Å². The third-order valence-electron chi connectivity index (χ3n) is 3.54. The number of hydrogen-bond donors (Lipinski definition) is 1. The average Bonchev–Trinajstić information content (AvgIpc) is 2.97. The lowest BCUT2D eigenvalue weighted by Gasteiger charge is -2.33. The number of amides is 3. The molecule has 20 heavy (non-hydrogen) atoms. The minimum atomic E-state index is -0.0174. The van der Waals surface area contributed by atoms with Crippen LogP contribution in [0.25, 0.3) is 0 Å². The van der Waals surface area contributed by atoms with Crippen molar-refractivity contribution in [2.45, 2.75) is 19.4 Å². The third kappa shape index (κ3) is 3.53. The van der Waals surface area contributed by atoms with Gasteiger partial charge in [-0.15, -0.1) is 0 Å². The normalized spacial score (nSPS) is 16.0. The molecule has 0 bridgehead atoms. The summed E-state index contributed by atoms with van der Waals surface area (Å²) in [4.78, 5) is 27.2. The molecule has 1 N–H and O–H groups in total. The van der Waals surface area contributed by atoms with Gasteiger partial charge in [0, 0.05) is 33.1 Å². The van der Waals surface area contributed by atoms with Gasteiger partial charge >= 0.3 is 6.03 Å². The summed E-state index contributed by atoms with van der Waals surface area (Å²) in [5.41, 5.74) is 0. The highest BCUT2D eigenvalue weighted by molar-refractivity contribution is 5.79. The second kappa shape index (κ2) is 6.45. The molecule has 3 amide bonds. The largest absolute Gasteiger partial charge is 0.467 e. The minimum Gasteiger partial charge on any atom is -0.467 e. The van der Waals surface area contributed by atoms with Gasteiger partial charge in [0.1, 0.15) is 5.76 Å². The molecule has 2 rings (SSSR count). The van der Waals surface area contributed by atoms with Crippen molar-refractivity contribution in [2.75, 3.05) is 27.2 Å². The summed E-state index contributed by atoms with van der Waals surface area (Å²) in [5, 5.41) is 2.88. The second-order valence-corrected chi connectivity index (χ2v) is 5.24. The number of likely N-dealkylation sites (tertiary alicyclic amines) is 1. The van der Waals surface area contributed by atoms with Gasteiger partial charge in [-0.25, -0.2) is 4.79 Å². The third-order valence-corrected chi connectivity index (χ3v) is 3.54. The van der Waals surface area contributed by atoms with Crippen LogP contribution in [0.1, 0.15) is 18.6 Å². The fraction of sp³-hybridized carbons (Fsp3) is 0.571. The van der Waals surface area contributed by atoms with E-state index in [9.17, 15) is 9.59 Å². The monoisotopic (exact) mass is 279 g/mol. The lowest BCUT2D eigenvalue weighted by Crippen LogP contribution is -2.46. The highest BCUT2D eigenvalue weighted by atomic mass is 16.3. The number of rotatable bonds is 3. The maximum atomic E-state index is 12.0. The van der Waals surface area contributed by atoms with E-state index in [4.69, 9.17) is 4.42 Å². The molecule has 0 unspecified atom stereocenters. The zero-order chi connectivity index (χ0) is 14.5. The molecule has 1 fully saturated rings. The van der Waals surface area contributed by atoms with E-state index in [2.05, 4.69) is 5.32 Å². The number of hydrogen-bond acceptors (Lipinski definition) is 3. The van der Waals surface area contributed by atoms with Crippen LogP contribution in [0.4, 0.5) is 4.79 Å². The molecule has 6 heteroatoms. The van der Waals surface area contributed by atoms with Crippen LogP contribution in [0, 0.1) is 5.92 Å². The molecule has 1 aliphatic heterocycles. The number of carbonyl (C=O) groups is 2. The van der Waals surface area contributed by atoms with Crippen molar-refractivity contribution in [3.8, 4) is 0 Å². The van der Waals surface area contributed by atoms with Gasteiger partial charge in [0.25, 0.3) is 0 Å². The molecule has 0 spiro atoms. The Morgan fingerprint density at radius 3 is 2.65 bits per heavy atom. The van der Waals surface area contributed by atoms with E-state index in [0.717, 1.165) is 5.76 Å². The van der Waals surface area contributed by atoms with Gasteiger partial charge in [0.2, 0.25) is 5.91 Å². The first-order chi connectivity index (χ1) is 9.58. The highest BCUT2D eigenvalue weighted by Gasteiger charge is 2.27. The number of nitrogens with zero attached hydrogens (tertiary/aromatic N) is 2. The standard InChI is InChI=1S/C14H21N3O3/c1-16(2)14(19)17-7-5-11(6-8-17)13(18)15-10-12-4-3-9-20-12/h3-4,9,11H,5-8,10H2,1-2H3,(H,15,18). The summed E-state index contributed by atoms with van der Waals surface area (Å²) < 4.78 is 5.17. The first-order valence-electron chi connectivity index (χ1n) is 6.84. The Morgan fingerprint density at radius 1 is 1.40 bits per heavy atom. The molecule has 2 heterocycles. The van der Waals surface area contributed by atoms with Crippen LogP contribution in [0.2, 0.25) is 0 Å². The van der Waals surface area contributed by atoms with Gasteiger partial charge in [-0.3, -0.25) is 4.79 Å². The molecule has 0 aromatic carbocycles. The van der Waals surface area contributed by atoms with E-state index in [-0.39, 0.29) is 17.9 Å². The highest BCUT2D eigenvalue weighted by Crippen LogP contribution is 2.18. The van der Waals surface area contributed by atoms with Gasteiger partial charge in [-0.05, 0) is 25.0 Å². The Labute approximate surface area is 118 Å². The first-order valence-corrected chi connectivity index (χ1v) is 6.84. The van der Waals surface area contributed by atoms with Crippen LogP contribution in [0.5, 0.6) is 0 Å². The van der Waals surface area contributed by atoms with Gasteiger partial charge in [-0.2, -0.15) is 0 Å². The van der Waals surface area contributed by atoms with E-state index in [1.807, 2.05) is 6.07 Å². The molecule has 6 nitrogen and oxygen atoms in total. The van der Waals surface area contributed by atoms with E-state index < -0.39 is 0 Å². The molecule has 110 valence electrons. The van der Waals surface area contributed by atoms with Crippen LogP contribution < -0.4 is 5.32 Å². The van der Waals surface area contributed by atoms with Crippen LogP contribution in [0.15, 0.2) is 22.8 Å². The molecule has 0 aliphatic carbocycles. The summed E-state index contributed by atoms with van der Waals surface area (Å²) in [7, 11) is 3.48. The number of nitrogens with one attached hydrogen (secondary N) is 1. The minimum absolute atomic E-state index is 0.0134. The quantitative estimate of drug-likeness (QED) is 0.906. The molecule has 1 aromatic heterocycles. The van der Waals surface area contributed by atoms with Crippen molar-refractivity contribution in [2.24, 2.45) is 5.92 Å². The summed E-state index contributed by atoms with van der Waals surface area (Å²) in [5.74, 6) is 0.771. The van der Waals surface area contributed by atoms with E-state index in [1.54, 1.807) is 36.2 Å². The van der Waals surface area contributed by atoms with E-state index in [1.165, 1.54) is 0 Å². The van der Waals surface area contributed by atoms with E-state index in [0.29, 0.717) is 32.5 Å². The summed E-state index contributed by atoms with van der Waals surface area (Å²) >= 11 is 0. The Hall–Kier alpha value is -1.98. The molecule has 0 saturated carbocycles. The molecule has 1 saturated heterocycles. The number of carbonyl (C=O) groups excluding carboxylic acids is 2. The fourth-order valence-electron chi connectivity index (χ4n) is 2.35. The Morgan fingerprint density at radius 2 is 2.10 bits per heavy atom. The fourth-order valence-corrected chi connectivity index (χ4v) is 2.35. The lowest BCUT2D eigenvalue weighted by atomic mass is 9.96. The SMILES string of the molecule is CN(C)C(=O)N1CCC(C(=O)NCc2ccco2)CC1. The summed E-state index contributed by atoms with van der Waals surface area (Å²) in [6, 6.07) is 3.64. The molecular formula is C14H21N3O3. The van der Waals surface area contributed by atoms with Gasteiger partial charge < -0.3 is 19.5 Å². The number of urea groups is 1. The Kier molecular flexibility index (Phi) is 4.65. The van der Waals surface area contributed by atoms with Crippen molar-refractivity contribution in [3.05, 3.63) is 24.2 Å². The van der Waals surface area contributed by atoms with Gasteiger partial charge in [0.05, 0.1) is 12.8 Å². The summed E-state index contributed by atoms with van der Waals surface area (Å²) in [6.07, 6.45) is 3.01.